The van der Waals surface area contributed by atoms with Crippen LogP contribution in [0.3, 0.4) is 0 Å². The highest BCUT2D eigenvalue weighted by Crippen LogP contribution is 2.38. The molecule has 0 bridgehead atoms. The molecule has 0 nitrogen and oxygen atoms in total. The van der Waals surface area contributed by atoms with Crippen molar-refractivity contribution in [2.45, 2.75) is 19.3 Å². The van der Waals surface area contributed by atoms with E-state index in [1.54, 1.807) is 0 Å². The minimum Gasteiger partial charge on any atom is -0.0836 e. The molecule has 0 unspecified atom stereocenters. The monoisotopic (exact) mass is 244 g/mol. The highest BCUT2D eigenvalue weighted by atomic mass is 14.2. The van der Waals surface area contributed by atoms with E-state index in [-0.39, 0.29) is 0 Å². The normalized spacial score (nSPS) is 15.9. The van der Waals surface area contributed by atoms with Crippen LogP contribution in [0.4, 0.5) is 0 Å². The average molecular weight is 244 g/mol. The van der Waals surface area contributed by atoms with Crippen molar-refractivity contribution in [1.82, 2.24) is 0 Å². The van der Waals surface area contributed by atoms with Gasteiger partial charge in [-0.25, -0.2) is 0 Å². The third-order valence-corrected chi connectivity index (χ3v) is 4.12. The summed E-state index contributed by atoms with van der Waals surface area (Å²) < 4.78 is 0. The first-order valence-electron chi connectivity index (χ1n) is 7.00. The van der Waals surface area contributed by atoms with E-state index in [0.717, 1.165) is 6.42 Å². The standard InChI is InChI=1S/C19H16/c1-2-6-14(7-3-1)15-10-11-19-17(12-15)13-16-8-4-5-9-18(16)19/h2,4-12H,1,3,13H2. The van der Waals surface area contributed by atoms with E-state index < -0.39 is 0 Å². The molecule has 0 heteroatoms. The van der Waals surface area contributed by atoms with Crippen LogP contribution in [-0.4, -0.2) is 0 Å². The zero-order valence-electron chi connectivity index (χ0n) is 10.9. The fourth-order valence-corrected chi connectivity index (χ4v) is 3.15. The maximum Gasteiger partial charge on any atom is -0.00132 e. The van der Waals surface area contributed by atoms with E-state index in [9.17, 15) is 0 Å². The summed E-state index contributed by atoms with van der Waals surface area (Å²) in [6.07, 6.45) is 10.3. The number of benzene rings is 2. The molecule has 0 spiro atoms. The average Bonchev–Trinajstić information content (AvgIpc) is 2.86. The smallest absolute Gasteiger partial charge is 0.00132 e. The summed E-state index contributed by atoms with van der Waals surface area (Å²) in [6, 6.07) is 15.7. The van der Waals surface area contributed by atoms with Gasteiger partial charge in [-0.3, -0.25) is 0 Å². The Morgan fingerprint density at radius 1 is 0.789 bits per heavy atom. The maximum absolute atomic E-state index is 2.37. The first-order valence-corrected chi connectivity index (χ1v) is 7.00. The topological polar surface area (TPSA) is 0 Å². The Kier molecular flexibility index (Phi) is 2.41. The van der Waals surface area contributed by atoms with Gasteiger partial charge in [-0.1, -0.05) is 60.7 Å². The third-order valence-electron chi connectivity index (χ3n) is 4.12. The number of hydrogen-bond donors (Lipinski definition) is 0. The van der Waals surface area contributed by atoms with Crippen LogP contribution in [-0.2, 0) is 6.42 Å². The molecule has 0 amide bonds. The molecule has 0 radical (unpaired) electrons. The van der Waals surface area contributed by atoms with Crippen LogP contribution in [0.25, 0.3) is 16.7 Å². The second-order valence-electron chi connectivity index (χ2n) is 5.35. The largest absolute Gasteiger partial charge is 0.0836 e. The minimum absolute atomic E-state index is 1.08. The second-order valence-corrected chi connectivity index (χ2v) is 5.35. The van der Waals surface area contributed by atoms with Crippen molar-refractivity contribution in [3.05, 3.63) is 77.4 Å². The summed E-state index contributed by atoms with van der Waals surface area (Å²) >= 11 is 0. The van der Waals surface area contributed by atoms with Crippen molar-refractivity contribution >= 4 is 5.57 Å². The summed E-state index contributed by atoms with van der Waals surface area (Å²) in [5.41, 5.74) is 8.51. The van der Waals surface area contributed by atoms with Gasteiger partial charge in [-0.05, 0) is 52.7 Å². The van der Waals surface area contributed by atoms with Crippen molar-refractivity contribution in [3.8, 4) is 11.1 Å². The minimum atomic E-state index is 1.08. The van der Waals surface area contributed by atoms with Gasteiger partial charge < -0.3 is 0 Å². The van der Waals surface area contributed by atoms with Crippen LogP contribution < -0.4 is 0 Å². The maximum atomic E-state index is 2.37. The van der Waals surface area contributed by atoms with E-state index >= 15 is 0 Å². The van der Waals surface area contributed by atoms with Crippen LogP contribution in [0.15, 0.2) is 60.7 Å². The summed E-state index contributed by atoms with van der Waals surface area (Å²) in [4.78, 5) is 0. The van der Waals surface area contributed by atoms with Gasteiger partial charge in [0, 0.05) is 0 Å². The Labute approximate surface area is 114 Å². The van der Waals surface area contributed by atoms with Gasteiger partial charge >= 0.3 is 0 Å². The predicted molar refractivity (Wildman–Crippen MR) is 81.0 cm³/mol. The molecule has 0 fully saturated rings. The number of fused-ring (bicyclic) bond motifs is 3. The Hall–Kier alpha value is -2.08. The molecular formula is C19H16. The van der Waals surface area contributed by atoms with Crippen LogP contribution in [0.2, 0.25) is 0 Å². The van der Waals surface area contributed by atoms with E-state index in [2.05, 4.69) is 60.7 Å². The number of hydrogen-bond acceptors (Lipinski definition) is 0. The molecule has 2 aliphatic rings. The fraction of sp³-hybridized carbons (Fsp3) is 0.158. The molecule has 0 N–H and O–H groups in total. The molecule has 19 heavy (non-hydrogen) atoms. The lowest BCUT2D eigenvalue weighted by Crippen LogP contribution is -1.88. The molecule has 4 rings (SSSR count). The highest BCUT2D eigenvalue weighted by Gasteiger charge is 2.18. The van der Waals surface area contributed by atoms with Crippen molar-refractivity contribution in [1.29, 1.82) is 0 Å². The molecule has 2 aromatic rings. The molecule has 0 aliphatic heterocycles. The summed E-state index contributed by atoms with van der Waals surface area (Å²) in [7, 11) is 0. The summed E-state index contributed by atoms with van der Waals surface area (Å²) in [5.74, 6) is 0. The molecule has 2 aliphatic carbocycles. The summed E-state index contributed by atoms with van der Waals surface area (Å²) in [6.45, 7) is 0. The number of allylic oxidation sites excluding steroid dienone is 4. The SMILES string of the molecule is C1=CC(c2ccc3c(c2)Cc2ccccc2-3)=CCC1. The van der Waals surface area contributed by atoms with Crippen LogP contribution in [0, 0.1) is 0 Å². The Bertz CT molecular complexity index is 702. The Morgan fingerprint density at radius 3 is 2.58 bits per heavy atom. The van der Waals surface area contributed by atoms with Crippen LogP contribution >= 0.6 is 0 Å². The first-order chi connectivity index (χ1) is 9.42. The zero-order valence-corrected chi connectivity index (χ0v) is 10.9. The molecule has 0 aromatic heterocycles. The van der Waals surface area contributed by atoms with E-state index in [0.29, 0.717) is 0 Å². The Balaban J connectivity index is 1.79. The Morgan fingerprint density at radius 2 is 1.68 bits per heavy atom. The third kappa shape index (κ3) is 1.76. The quantitative estimate of drug-likeness (QED) is 0.565. The predicted octanol–water partition coefficient (Wildman–Crippen LogP) is 4.99. The van der Waals surface area contributed by atoms with Crippen LogP contribution in [0.5, 0.6) is 0 Å². The van der Waals surface area contributed by atoms with E-state index in [1.807, 2.05) is 0 Å². The van der Waals surface area contributed by atoms with Crippen molar-refractivity contribution in [3.63, 3.8) is 0 Å². The van der Waals surface area contributed by atoms with Crippen molar-refractivity contribution in [2.24, 2.45) is 0 Å². The van der Waals surface area contributed by atoms with Crippen molar-refractivity contribution in [2.75, 3.05) is 0 Å². The second kappa shape index (κ2) is 4.24. The van der Waals surface area contributed by atoms with Gasteiger partial charge in [0.2, 0.25) is 0 Å². The van der Waals surface area contributed by atoms with Gasteiger partial charge in [0.05, 0.1) is 0 Å². The highest BCUT2D eigenvalue weighted by molar-refractivity contribution is 5.81. The molecule has 0 heterocycles. The van der Waals surface area contributed by atoms with Gasteiger partial charge in [0.1, 0.15) is 0 Å². The first kappa shape index (κ1) is 10.8. The lowest BCUT2D eigenvalue weighted by atomic mass is 9.96. The zero-order chi connectivity index (χ0) is 12.7. The lowest BCUT2D eigenvalue weighted by Gasteiger charge is -2.09. The van der Waals surface area contributed by atoms with Gasteiger partial charge in [-0.2, -0.15) is 0 Å². The molecule has 2 aromatic carbocycles. The molecular weight excluding hydrogens is 228 g/mol. The molecule has 0 atom stereocenters. The lowest BCUT2D eigenvalue weighted by molar-refractivity contribution is 1.04. The van der Waals surface area contributed by atoms with E-state index in [4.69, 9.17) is 0 Å². The molecule has 0 saturated heterocycles. The van der Waals surface area contributed by atoms with Crippen molar-refractivity contribution < 1.29 is 0 Å². The summed E-state index contributed by atoms with van der Waals surface area (Å²) in [5, 5.41) is 0. The fourth-order valence-electron chi connectivity index (χ4n) is 3.15. The van der Waals surface area contributed by atoms with Gasteiger partial charge in [-0.15, -0.1) is 0 Å². The van der Waals surface area contributed by atoms with Gasteiger partial charge in [0.25, 0.3) is 0 Å². The van der Waals surface area contributed by atoms with Crippen LogP contribution in [0.1, 0.15) is 29.5 Å². The van der Waals surface area contributed by atoms with Gasteiger partial charge in [0.15, 0.2) is 0 Å². The number of rotatable bonds is 1. The molecule has 92 valence electrons. The molecule has 0 saturated carbocycles. The van der Waals surface area contributed by atoms with E-state index in [1.165, 1.54) is 46.2 Å².